The van der Waals surface area contributed by atoms with Gasteiger partial charge in [-0.05, 0) is 19.3 Å². The van der Waals surface area contributed by atoms with Gasteiger partial charge in [0.1, 0.15) is 0 Å². The second-order valence-electron chi connectivity index (χ2n) is 2.29. The highest BCUT2D eigenvalue weighted by molar-refractivity contribution is 8.00. The number of aliphatic hydroxyl groups excluding tert-OH is 1. The molecule has 1 aliphatic rings. The van der Waals surface area contributed by atoms with Crippen LogP contribution in [0.1, 0.15) is 19.3 Å². The largest absolute Gasteiger partial charge is 0.391 e. The van der Waals surface area contributed by atoms with E-state index in [4.69, 9.17) is 5.11 Å². The fraction of sp³-hybridized carbons (Fsp3) is 1.00. The third-order valence-corrected chi connectivity index (χ3v) is 2.60. The number of thiol groups is 2. The molecular weight excluding hydrogens is 140 g/mol. The standard InChI is InChI=1S/C5H10OS2/c6-4-2-1-3-5(4,7)8/h4,6-8H,1-3H2. The number of hydrogen-bond donors (Lipinski definition) is 3. The average molecular weight is 150 g/mol. The van der Waals surface area contributed by atoms with E-state index in [9.17, 15) is 0 Å². The quantitative estimate of drug-likeness (QED) is 0.349. The van der Waals surface area contributed by atoms with Crippen LogP contribution in [0.3, 0.4) is 0 Å². The summed E-state index contributed by atoms with van der Waals surface area (Å²) < 4.78 is -0.403. The minimum absolute atomic E-state index is 0.311. The Morgan fingerprint density at radius 2 is 2.12 bits per heavy atom. The predicted molar refractivity (Wildman–Crippen MR) is 40.6 cm³/mol. The van der Waals surface area contributed by atoms with E-state index in [1.165, 1.54) is 0 Å². The van der Waals surface area contributed by atoms with Gasteiger partial charge in [-0.3, -0.25) is 0 Å². The number of aliphatic hydroxyl groups is 1. The van der Waals surface area contributed by atoms with Crippen molar-refractivity contribution in [2.75, 3.05) is 0 Å². The van der Waals surface area contributed by atoms with E-state index in [1.54, 1.807) is 0 Å². The first-order valence-corrected chi connectivity index (χ1v) is 3.65. The Labute approximate surface area is 60.3 Å². The zero-order valence-corrected chi connectivity index (χ0v) is 6.33. The molecule has 1 fully saturated rings. The van der Waals surface area contributed by atoms with E-state index in [2.05, 4.69) is 25.3 Å². The van der Waals surface area contributed by atoms with Gasteiger partial charge >= 0.3 is 0 Å². The lowest BCUT2D eigenvalue weighted by Crippen LogP contribution is -2.23. The van der Waals surface area contributed by atoms with Crippen LogP contribution in [0.15, 0.2) is 0 Å². The van der Waals surface area contributed by atoms with Crippen LogP contribution >= 0.6 is 25.3 Å². The normalized spacial score (nSPS) is 35.6. The molecule has 0 bridgehead atoms. The van der Waals surface area contributed by atoms with Crippen LogP contribution in [0, 0.1) is 0 Å². The van der Waals surface area contributed by atoms with Crippen LogP contribution in [0.5, 0.6) is 0 Å². The highest BCUT2D eigenvalue weighted by Gasteiger charge is 2.34. The topological polar surface area (TPSA) is 20.2 Å². The van der Waals surface area contributed by atoms with Crippen molar-refractivity contribution in [3.63, 3.8) is 0 Å². The predicted octanol–water partition coefficient (Wildman–Crippen LogP) is 1.09. The molecule has 8 heavy (non-hydrogen) atoms. The summed E-state index contributed by atoms with van der Waals surface area (Å²) in [5, 5.41) is 9.10. The Balaban J connectivity index is 2.54. The first kappa shape index (κ1) is 6.78. The van der Waals surface area contributed by atoms with Gasteiger partial charge in [-0.15, -0.1) is 0 Å². The molecule has 1 atom stereocenters. The maximum Gasteiger partial charge on any atom is 0.0810 e. The Morgan fingerprint density at radius 1 is 1.50 bits per heavy atom. The molecule has 0 saturated heterocycles. The maximum atomic E-state index is 9.10. The van der Waals surface area contributed by atoms with E-state index in [1.807, 2.05) is 0 Å². The SMILES string of the molecule is OC1CCCC1(S)S. The molecule has 1 N–H and O–H groups in total. The monoisotopic (exact) mass is 150 g/mol. The van der Waals surface area contributed by atoms with Crippen molar-refractivity contribution in [1.82, 2.24) is 0 Å². The van der Waals surface area contributed by atoms with Crippen LogP contribution in [-0.4, -0.2) is 15.3 Å². The van der Waals surface area contributed by atoms with E-state index in [0.29, 0.717) is 0 Å². The molecule has 0 aromatic rings. The molecule has 0 radical (unpaired) electrons. The lowest BCUT2D eigenvalue weighted by Gasteiger charge is -2.18. The van der Waals surface area contributed by atoms with Gasteiger partial charge in [-0.25, -0.2) is 0 Å². The van der Waals surface area contributed by atoms with E-state index >= 15 is 0 Å². The molecule has 1 aliphatic carbocycles. The minimum Gasteiger partial charge on any atom is -0.391 e. The zero-order chi connectivity index (χ0) is 6.20. The third kappa shape index (κ3) is 1.14. The Hall–Kier alpha value is 0.660. The van der Waals surface area contributed by atoms with Gasteiger partial charge in [0.15, 0.2) is 0 Å². The van der Waals surface area contributed by atoms with Gasteiger partial charge in [-0.2, -0.15) is 25.3 Å². The smallest absolute Gasteiger partial charge is 0.0810 e. The summed E-state index contributed by atoms with van der Waals surface area (Å²) in [4.78, 5) is 0. The molecule has 0 aromatic heterocycles. The van der Waals surface area contributed by atoms with Gasteiger partial charge in [-0.1, -0.05) is 0 Å². The van der Waals surface area contributed by atoms with Crippen LogP contribution in [0.25, 0.3) is 0 Å². The summed E-state index contributed by atoms with van der Waals surface area (Å²) in [6.07, 6.45) is 2.51. The van der Waals surface area contributed by atoms with Crippen LogP contribution in [0.2, 0.25) is 0 Å². The Kier molecular flexibility index (Phi) is 1.80. The Bertz CT molecular complexity index is 92.4. The molecule has 0 spiro atoms. The number of rotatable bonds is 0. The van der Waals surface area contributed by atoms with E-state index in [-0.39, 0.29) is 6.10 Å². The first-order valence-electron chi connectivity index (χ1n) is 2.76. The van der Waals surface area contributed by atoms with Crippen molar-refractivity contribution in [2.24, 2.45) is 0 Å². The summed E-state index contributed by atoms with van der Waals surface area (Å²) in [5.74, 6) is 0. The lowest BCUT2D eigenvalue weighted by molar-refractivity contribution is 0.180. The van der Waals surface area contributed by atoms with Crippen molar-refractivity contribution in [2.45, 2.75) is 29.4 Å². The molecule has 0 heterocycles. The van der Waals surface area contributed by atoms with Gasteiger partial charge in [0.05, 0.1) is 10.2 Å². The zero-order valence-electron chi connectivity index (χ0n) is 4.54. The molecule has 1 rings (SSSR count). The summed E-state index contributed by atoms with van der Waals surface area (Å²) in [7, 11) is 0. The molecule has 3 heteroatoms. The van der Waals surface area contributed by atoms with Crippen LogP contribution in [-0.2, 0) is 0 Å². The second-order valence-corrected chi connectivity index (χ2v) is 4.24. The highest BCUT2D eigenvalue weighted by Crippen LogP contribution is 2.38. The molecule has 48 valence electrons. The highest BCUT2D eigenvalue weighted by atomic mass is 32.2. The molecular formula is C5H10OS2. The third-order valence-electron chi connectivity index (χ3n) is 1.56. The van der Waals surface area contributed by atoms with Crippen molar-refractivity contribution in [1.29, 1.82) is 0 Å². The Morgan fingerprint density at radius 3 is 2.25 bits per heavy atom. The van der Waals surface area contributed by atoms with Crippen molar-refractivity contribution in [3.05, 3.63) is 0 Å². The van der Waals surface area contributed by atoms with Crippen LogP contribution in [0.4, 0.5) is 0 Å². The summed E-state index contributed by atoms with van der Waals surface area (Å²) in [6, 6.07) is 0. The maximum absolute atomic E-state index is 9.10. The number of hydrogen-bond acceptors (Lipinski definition) is 3. The van der Waals surface area contributed by atoms with Crippen LogP contribution < -0.4 is 0 Å². The molecule has 0 aliphatic heterocycles. The fourth-order valence-electron chi connectivity index (χ4n) is 0.953. The molecule has 0 amide bonds. The fourth-order valence-corrected chi connectivity index (χ4v) is 1.53. The molecule has 0 aromatic carbocycles. The van der Waals surface area contributed by atoms with Crippen molar-refractivity contribution in [3.8, 4) is 0 Å². The van der Waals surface area contributed by atoms with Gasteiger partial charge in [0, 0.05) is 0 Å². The van der Waals surface area contributed by atoms with Crippen molar-refractivity contribution >= 4 is 25.3 Å². The summed E-state index contributed by atoms with van der Waals surface area (Å²) in [6.45, 7) is 0. The van der Waals surface area contributed by atoms with Gasteiger partial charge in [0.25, 0.3) is 0 Å². The second kappa shape index (κ2) is 2.12. The minimum atomic E-state index is -0.403. The van der Waals surface area contributed by atoms with E-state index in [0.717, 1.165) is 19.3 Å². The summed E-state index contributed by atoms with van der Waals surface area (Å²) >= 11 is 8.32. The summed E-state index contributed by atoms with van der Waals surface area (Å²) in [5.41, 5.74) is 0. The van der Waals surface area contributed by atoms with Gasteiger partial charge in [0.2, 0.25) is 0 Å². The van der Waals surface area contributed by atoms with E-state index < -0.39 is 4.08 Å². The first-order chi connectivity index (χ1) is 3.63. The molecule has 1 nitrogen and oxygen atoms in total. The lowest BCUT2D eigenvalue weighted by atomic mass is 10.3. The van der Waals surface area contributed by atoms with Gasteiger partial charge < -0.3 is 5.11 Å². The molecule has 1 saturated carbocycles. The average Bonchev–Trinajstić information content (AvgIpc) is 1.86. The van der Waals surface area contributed by atoms with Crippen molar-refractivity contribution < 1.29 is 5.11 Å². The molecule has 1 unspecified atom stereocenters.